The van der Waals surface area contributed by atoms with Gasteiger partial charge in [-0.2, -0.15) is 5.26 Å². The number of aliphatic hydroxyl groups excluding tert-OH is 1. The van der Waals surface area contributed by atoms with E-state index in [9.17, 15) is 5.11 Å². The predicted octanol–water partition coefficient (Wildman–Crippen LogP) is 1.78. The molecule has 23 heavy (non-hydrogen) atoms. The highest BCUT2D eigenvalue weighted by Gasteiger charge is 2.43. The summed E-state index contributed by atoms with van der Waals surface area (Å²) in [6.45, 7) is 5.45. The average molecular weight is 314 g/mol. The van der Waals surface area contributed by atoms with Crippen LogP contribution in [-0.2, 0) is 0 Å². The highest BCUT2D eigenvalue weighted by Crippen LogP contribution is 2.41. The molecule has 2 heterocycles. The van der Waals surface area contributed by atoms with Crippen LogP contribution in [0.1, 0.15) is 38.3 Å². The second-order valence-electron chi connectivity index (χ2n) is 6.52. The first kappa shape index (κ1) is 15.6. The summed E-state index contributed by atoms with van der Waals surface area (Å²) in [6.07, 6.45) is 3.34. The summed E-state index contributed by atoms with van der Waals surface area (Å²) in [7, 11) is 0. The largest absolute Gasteiger partial charge is 0.485 e. The Morgan fingerprint density at radius 1 is 1.39 bits per heavy atom. The highest BCUT2D eigenvalue weighted by molar-refractivity contribution is 5.82. The maximum absolute atomic E-state index is 10.7. The second kappa shape index (κ2) is 6.09. The molecule has 0 amide bonds. The van der Waals surface area contributed by atoms with Gasteiger partial charge < -0.3 is 14.7 Å². The lowest BCUT2D eigenvalue weighted by Crippen LogP contribution is -2.49. The summed E-state index contributed by atoms with van der Waals surface area (Å²) in [5, 5.41) is 22.5. The number of para-hydroxylation sites is 1. The number of benzene rings is 1. The van der Waals surface area contributed by atoms with Crippen molar-refractivity contribution in [2.24, 2.45) is 4.99 Å². The van der Waals surface area contributed by atoms with Crippen molar-refractivity contribution in [1.29, 1.82) is 5.26 Å². The molecule has 2 aliphatic heterocycles. The Hall–Kier alpha value is -2.26. The third-order valence-electron chi connectivity index (χ3n) is 4.46. The van der Waals surface area contributed by atoms with Gasteiger partial charge in [0.25, 0.3) is 0 Å². The summed E-state index contributed by atoms with van der Waals surface area (Å²) in [4.78, 5) is 6.76. The third kappa shape index (κ3) is 2.97. The van der Waals surface area contributed by atoms with Crippen molar-refractivity contribution in [1.82, 2.24) is 10.2 Å². The fraction of sp³-hybridized carbons (Fsp3) is 0.529. The van der Waals surface area contributed by atoms with E-state index in [4.69, 9.17) is 15.0 Å². The van der Waals surface area contributed by atoms with Crippen LogP contribution in [0.15, 0.2) is 29.3 Å². The first-order valence-corrected chi connectivity index (χ1v) is 7.97. The summed E-state index contributed by atoms with van der Waals surface area (Å²) in [5.41, 5.74) is 0.0985. The molecule has 2 unspecified atom stereocenters. The van der Waals surface area contributed by atoms with Crippen molar-refractivity contribution in [2.75, 3.05) is 13.1 Å². The number of aliphatic imine (C=N–C) groups is 1. The van der Waals surface area contributed by atoms with Gasteiger partial charge in [-0.05, 0) is 32.8 Å². The van der Waals surface area contributed by atoms with Gasteiger partial charge in [0.15, 0.2) is 6.19 Å². The Kier molecular flexibility index (Phi) is 4.14. The Bertz CT molecular complexity index is 644. The highest BCUT2D eigenvalue weighted by atomic mass is 16.5. The molecule has 2 N–H and O–H groups in total. The van der Waals surface area contributed by atoms with Crippen LogP contribution in [0.2, 0.25) is 0 Å². The Balaban J connectivity index is 2.01. The van der Waals surface area contributed by atoms with Crippen LogP contribution in [-0.4, -0.2) is 40.8 Å². The number of nitrogens with one attached hydrogen (secondary N) is 1. The van der Waals surface area contributed by atoms with Crippen LogP contribution in [0.5, 0.6) is 5.75 Å². The summed E-state index contributed by atoms with van der Waals surface area (Å²) in [5.74, 6) is 1.26. The molecule has 1 aromatic carbocycles. The van der Waals surface area contributed by atoms with Gasteiger partial charge in [-0.3, -0.25) is 5.32 Å². The van der Waals surface area contributed by atoms with E-state index in [0.29, 0.717) is 5.96 Å². The number of rotatable bonds is 1. The molecule has 2 atom stereocenters. The van der Waals surface area contributed by atoms with Crippen molar-refractivity contribution in [2.45, 2.75) is 44.4 Å². The molecule has 3 rings (SSSR count). The Morgan fingerprint density at radius 3 is 2.78 bits per heavy atom. The number of likely N-dealkylation sites (tertiary alicyclic amines) is 1. The number of hydrogen-bond donors (Lipinski definition) is 2. The lowest BCUT2D eigenvalue weighted by molar-refractivity contribution is -0.0568. The summed E-state index contributed by atoms with van der Waals surface area (Å²) >= 11 is 0. The lowest BCUT2D eigenvalue weighted by Gasteiger charge is -2.40. The molecule has 0 spiro atoms. The van der Waals surface area contributed by atoms with Gasteiger partial charge in [-0.15, -0.1) is 0 Å². The molecule has 0 bridgehead atoms. The van der Waals surface area contributed by atoms with Gasteiger partial charge in [-0.1, -0.05) is 18.2 Å². The Labute approximate surface area is 136 Å². The molecule has 1 saturated heterocycles. The minimum atomic E-state index is -0.796. The topological polar surface area (TPSA) is 80.9 Å². The van der Waals surface area contributed by atoms with Crippen LogP contribution in [0.25, 0.3) is 0 Å². The van der Waals surface area contributed by atoms with E-state index in [-0.39, 0.29) is 0 Å². The number of hydrogen-bond acceptors (Lipinski definition) is 4. The van der Waals surface area contributed by atoms with Gasteiger partial charge in [-0.25, -0.2) is 4.99 Å². The van der Waals surface area contributed by atoms with Crippen LogP contribution in [0.4, 0.5) is 0 Å². The normalized spacial score (nSPS) is 26.2. The van der Waals surface area contributed by atoms with E-state index in [1.807, 2.05) is 44.3 Å². The van der Waals surface area contributed by atoms with Crippen LogP contribution in [0.3, 0.4) is 0 Å². The van der Waals surface area contributed by atoms with Gasteiger partial charge in [0.1, 0.15) is 23.5 Å². The zero-order valence-corrected chi connectivity index (χ0v) is 13.5. The Morgan fingerprint density at radius 2 is 2.09 bits per heavy atom. The number of fused-ring (bicyclic) bond motifs is 1. The van der Waals surface area contributed by atoms with Crippen LogP contribution in [0, 0.1) is 11.5 Å². The fourth-order valence-electron chi connectivity index (χ4n) is 3.16. The maximum Gasteiger partial charge on any atom is 0.208 e. The molecular formula is C17H22N4O2. The minimum absolute atomic E-state index is 0.466. The third-order valence-corrected chi connectivity index (χ3v) is 4.46. The van der Waals surface area contributed by atoms with E-state index < -0.39 is 17.7 Å². The van der Waals surface area contributed by atoms with Gasteiger partial charge >= 0.3 is 0 Å². The van der Waals surface area contributed by atoms with Crippen LogP contribution < -0.4 is 10.1 Å². The van der Waals surface area contributed by atoms with E-state index in [1.54, 1.807) is 0 Å². The summed E-state index contributed by atoms with van der Waals surface area (Å²) in [6, 6.07) is 7.14. The standard InChI is InChI=1S/C17H22N4O2/c1-17(2)15(22)14(12-7-3-4-8-13(12)23-17)20-16(19-11-18)21-9-5-6-10-21/h3-4,7-8,14-15,22H,5-6,9-10H2,1-2H3,(H,19,20). The number of guanidine groups is 1. The molecule has 2 aliphatic rings. The predicted molar refractivity (Wildman–Crippen MR) is 86.9 cm³/mol. The number of aliphatic hydroxyl groups is 1. The number of nitrogens with zero attached hydrogens (tertiary/aromatic N) is 3. The molecule has 0 radical (unpaired) electrons. The van der Waals surface area contributed by atoms with Crippen molar-refractivity contribution in [3.8, 4) is 11.9 Å². The maximum atomic E-state index is 10.7. The van der Waals surface area contributed by atoms with E-state index in [2.05, 4.69) is 10.2 Å². The van der Waals surface area contributed by atoms with Gasteiger partial charge in [0, 0.05) is 18.7 Å². The SMILES string of the molecule is CC1(C)Oc2ccccc2C(N=C(NC#N)N2CCCC2)C1O. The molecule has 6 nitrogen and oxygen atoms in total. The summed E-state index contributed by atoms with van der Waals surface area (Å²) < 4.78 is 5.91. The second-order valence-corrected chi connectivity index (χ2v) is 6.52. The van der Waals surface area contributed by atoms with E-state index in [1.165, 1.54) is 0 Å². The smallest absolute Gasteiger partial charge is 0.208 e. The number of ether oxygens (including phenoxy) is 1. The lowest BCUT2D eigenvalue weighted by atomic mass is 9.87. The molecule has 6 heteroatoms. The molecule has 0 saturated carbocycles. The van der Waals surface area contributed by atoms with Gasteiger partial charge in [0.2, 0.25) is 5.96 Å². The zero-order valence-electron chi connectivity index (χ0n) is 13.5. The molecule has 122 valence electrons. The molecule has 0 aromatic heterocycles. The fourth-order valence-corrected chi connectivity index (χ4v) is 3.16. The molecular weight excluding hydrogens is 292 g/mol. The molecule has 1 fully saturated rings. The van der Waals surface area contributed by atoms with Gasteiger partial charge in [0.05, 0.1) is 0 Å². The first-order chi connectivity index (χ1) is 11.0. The monoisotopic (exact) mass is 314 g/mol. The van der Waals surface area contributed by atoms with Crippen molar-refractivity contribution in [3.05, 3.63) is 29.8 Å². The average Bonchev–Trinajstić information content (AvgIpc) is 3.05. The van der Waals surface area contributed by atoms with E-state index in [0.717, 1.165) is 37.2 Å². The van der Waals surface area contributed by atoms with Crippen molar-refractivity contribution < 1.29 is 9.84 Å². The zero-order chi connectivity index (χ0) is 16.4. The van der Waals surface area contributed by atoms with Crippen molar-refractivity contribution >= 4 is 5.96 Å². The number of nitriles is 1. The van der Waals surface area contributed by atoms with Crippen molar-refractivity contribution in [3.63, 3.8) is 0 Å². The quantitative estimate of drug-likeness (QED) is 0.357. The molecule has 0 aliphatic carbocycles. The van der Waals surface area contributed by atoms with Crippen LogP contribution >= 0.6 is 0 Å². The molecule has 1 aromatic rings. The first-order valence-electron chi connectivity index (χ1n) is 7.97. The van der Waals surface area contributed by atoms with E-state index >= 15 is 0 Å². The minimum Gasteiger partial charge on any atom is -0.485 e.